The molecule has 0 saturated heterocycles. The molecule has 15 nitrogen and oxygen atoms in total. The number of carbonyl (C=O) groups excluding carboxylic acids is 7. The Kier molecular flexibility index (Phi) is 3380. The molecular formula is C17H43O15Y-. The molecule has 0 heterocycles. The van der Waals surface area contributed by atoms with E-state index < -0.39 is 0 Å². The summed E-state index contributed by atoms with van der Waals surface area (Å²) in [4.78, 5) is 84.8. The molecule has 0 atom stereocenters. The van der Waals surface area contributed by atoms with Crippen LogP contribution >= 0.6 is 0 Å². The van der Waals surface area contributed by atoms with Crippen LogP contribution in [0.15, 0.2) is 0 Å². The quantitative estimate of drug-likeness (QED) is 0.363. The number of hydrogen-bond donors (Lipinski definition) is 3. The van der Waals surface area contributed by atoms with Crippen LogP contribution in [0, 0.1) is 32.7 Å². The predicted octanol–water partition coefficient (Wildman–Crippen LogP) is 0.752. The number of hydrogen-bond acceptors (Lipinski definition) is 14. The second-order valence-corrected chi connectivity index (χ2v) is 1.83. The Hall–Kier alpha value is -2.05. The normalized spacial score (nSPS) is 3.45. The first-order chi connectivity index (χ1) is 14.5. The third-order valence-corrected chi connectivity index (χ3v) is 0.365. The summed E-state index contributed by atoms with van der Waals surface area (Å²) in [5.74, 6) is 0.440. The van der Waals surface area contributed by atoms with Crippen molar-refractivity contribution in [3.63, 3.8) is 0 Å². The van der Waals surface area contributed by atoms with Crippen molar-refractivity contribution >= 4 is 25.2 Å². The van der Waals surface area contributed by atoms with Gasteiger partial charge in [-0.2, -0.15) is 35.7 Å². The van der Waals surface area contributed by atoms with Crippen LogP contribution in [0.5, 0.6) is 0 Å². The van der Waals surface area contributed by atoms with E-state index in [1.807, 2.05) is 48.3 Å². The second kappa shape index (κ2) is 1020. The zero-order chi connectivity index (χ0) is 28.4. The topological polar surface area (TPSA) is 280 Å². The number of rotatable bonds is 1. The van der Waals surface area contributed by atoms with Gasteiger partial charge in [0.1, 0.15) is 6.79 Å². The van der Waals surface area contributed by atoms with E-state index in [4.69, 9.17) is 68.7 Å². The van der Waals surface area contributed by atoms with Gasteiger partial charge in [-0.3, -0.25) is 0 Å². The summed E-state index contributed by atoms with van der Waals surface area (Å²) in [5, 5.41) is 22.1. The SMILES string of the molecule is C.C=O.CC.CC.CC(C)CO.CO.CO.O.O=C=O.O=C=O.O=C=O.O=O.O=O.[CH2-]C.[Y]. The molecule has 0 aliphatic heterocycles. The van der Waals surface area contributed by atoms with E-state index in [1.54, 1.807) is 6.92 Å². The second-order valence-electron chi connectivity index (χ2n) is 1.83. The van der Waals surface area contributed by atoms with Crippen LogP contribution in [0.2, 0.25) is 0 Å². The molecule has 0 amide bonds. The van der Waals surface area contributed by atoms with Crippen LogP contribution in [-0.4, -0.2) is 66.9 Å². The Bertz CT molecular complexity index is 205. The van der Waals surface area contributed by atoms with Gasteiger partial charge in [0.2, 0.25) is 0 Å². The van der Waals surface area contributed by atoms with Crippen molar-refractivity contribution in [3.8, 4) is 0 Å². The van der Waals surface area contributed by atoms with Crippen molar-refractivity contribution < 1.29 is 87.1 Å². The van der Waals surface area contributed by atoms with Gasteiger partial charge < -0.3 is 32.5 Å². The molecule has 0 saturated carbocycles. The van der Waals surface area contributed by atoms with Gasteiger partial charge in [0, 0.05) is 73.4 Å². The van der Waals surface area contributed by atoms with Crippen molar-refractivity contribution in [2.75, 3.05) is 20.8 Å². The molecule has 33 heavy (non-hydrogen) atoms. The monoisotopic (exact) mass is 576 g/mol. The summed E-state index contributed by atoms with van der Waals surface area (Å²) < 4.78 is 0. The summed E-state index contributed by atoms with van der Waals surface area (Å²) in [7, 11) is 2.00. The maximum atomic E-state index is 8.14. The van der Waals surface area contributed by atoms with E-state index >= 15 is 0 Å². The molecule has 0 fully saturated rings. The smallest absolute Gasteiger partial charge is 0.373 e. The minimum absolute atomic E-state index is 0. The summed E-state index contributed by atoms with van der Waals surface area (Å²) >= 11 is 0. The first kappa shape index (κ1) is 109. The Labute approximate surface area is 221 Å². The van der Waals surface area contributed by atoms with E-state index in [1.165, 1.54) is 0 Å². The van der Waals surface area contributed by atoms with Crippen LogP contribution in [0.1, 0.15) is 55.9 Å². The van der Waals surface area contributed by atoms with Gasteiger partial charge >= 0.3 is 18.5 Å². The molecule has 205 valence electrons. The first-order valence-electron chi connectivity index (χ1n) is 7.33. The largest absolute Gasteiger partial charge is 0.412 e. The average molecular weight is 576 g/mol. The van der Waals surface area contributed by atoms with Crippen molar-refractivity contribution in [1.82, 2.24) is 0 Å². The molecule has 0 bridgehead atoms. The Morgan fingerprint density at radius 3 is 0.697 bits per heavy atom. The van der Waals surface area contributed by atoms with Crippen LogP contribution < -0.4 is 0 Å². The molecule has 0 rings (SSSR count). The number of aliphatic hydroxyl groups excluding tert-OH is 3. The maximum absolute atomic E-state index is 8.14. The summed E-state index contributed by atoms with van der Waals surface area (Å²) in [6.07, 6.45) is 0.750. The van der Waals surface area contributed by atoms with Crippen LogP contribution in [-0.2, 0) is 66.3 Å². The van der Waals surface area contributed by atoms with Gasteiger partial charge in [-0.1, -0.05) is 49.0 Å². The fraction of sp³-hybridized carbons (Fsp3) is 0.706. The van der Waals surface area contributed by atoms with Crippen molar-refractivity contribution in [2.45, 2.75) is 55.9 Å². The third kappa shape index (κ3) is 11000000. The number of aliphatic hydroxyl groups is 3. The van der Waals surface area contributed by atoms with Gasteiger partial charge in [0.05, 0.1) is 0 Å². The maximum Gasteiger partial charge on any atom is 0.373 e. The molecule has 0 aromatic heterocycles. The molecule has 0 unspecified atom stereocenters. The molecular weight excluding hydrogens is 533 g/mol. The van der Waals surface area contributed by atoms with E-state index in [0.717, 1.165) is 14.2 Å². The molecule has 0 aromatic rings. The minimum atomic E-state index is 0. The summed E-state index contributed by atoms with van der Waals surface area (Å²) in [6, 6.07) is 0. The summed E-state index contributed by atoms with van der Waals surface area (Å²) in [5.41, 5.74) is 0. The molecule has 0 aliphatic carbocycles. The van der Waals surface area contributed by atoms with Crippen molar-refractivity contribution in [2.24, 2.45) is 5.92 Å². The predicted molar refractivity (Wildman–Crippen MR) is 118 cm³/mol. The molecule has 0 aliphatic rings. The molecule has 5 N–H and O–H groups in total. The fourth-order valence-corrected chi connectivity index (χ4v) is 0. The van der Waals surface area contributed by atoms with E-state index in [-0.39, 0.29) is 64.1 Å². The van der Waals surface area contributed by atoms with Crippen molar-refractivity contribution in [3.05, 3.63) is 26.8 Å². The standard InChI is InChI=1S/C4H10O.2C2H6.C2H5.3CO2.2CH4O.CH2O.CH4.2O2.H2O.Y/c1-4(2)3-5;3*1-2;3*2-1-3;3*1-2;;2*1-2;;/h4-5H,3H2,1-2H3;2*1-2H3;1H2,2H3;;;;2*2H,1H3;1H2;1H4;;;1H2;/q;;;-1;;;;;;;;;;;. The van der Waals surface area contributed by atoms with Gasteiger partial charge in [0.15, 0.2) is 0 Å². The minimum Gasteiger partial charge on any atom is -0.412 e. The van der Waals surface area contributed by atoms with E-state index in [9.17, 15) is 0 Å². The van der Waals surface area contributed by atoms with E-state index in [2.05, 4.69) is 6.92 Å². The van der Waals surface area contributed by atoms with Crippen LogP contribution in [0.3, 0.4) is 0 Å². The summed E-state index contributed by atoms with van der Waals surface area (Å²) in [6.45, 7) is 19.2. The number of carbonyl (C=O) groups is 1. The third-order valence-electron chi connectivity index (χ3n) is 0.365. The van der Waals surface area contributed by atoms with Crippen molar-refractivity contribution in [1.29, 1.82) is 0 Å². The first-order valence-corrected chi connectivity index (χ1v) is 7.33. The van der Waals surface area contributed by atoms with E-state index in [0.29, 0.717) is 12.5 Å². The van der Waals surface area contributed by atoms with Crippen LogP contribution in [0.4, 0.5) is 0 Å². The zero-order valence-corrected chi connectivity index (χ0v) is 22.9. The molecule has 0 aromatic carbocycles. The Balaban J connectivity index is -0.00000000832. The Morgan fingerprint density at radius 1 is 0.667 bits per heavy atom. The molecule has 0 spiro atoms. The molecule has 1 radical (unpaired) electrons. The van der Waals surface area contributed by atoms with Gasteiger partial charge in [-0.15, -0.1) is 0 Å². The van der Waals surface area contributed by atoms with Gasteiger partial charge in [-0.05, 0) is 5.92 Å². The van der Waals surface area contributed by atoms with Crippen LogP contribution in [0.25, 0.3) is 0 Å². The average Bonchev–Trinajstić information content (AvgIpc) is 2.86. The zero-order valence-electron chi connectivity index (χ0n) is 20.1. The Morgan fingerprint density at radius 2 is 0.697 bits per heavy atom. The van der Waals surface area contributed by atoms with Gasteiger partial charge in [-0.25, -0.2) is 0 Å². The molecule has 16 heteroatoms. The van der Waals surface area contributed by atoms with Gasteiger partial charge in [0.25, 0.3) is 0 Å². The fourth-order valence-electron chi connectivity index (χ4n) is 0.